The highest BCUT2D eigenvalue weighted by molar-refractivity contribution is 9.09. The van der Waals surface area contributed by atoms with Gasteiger partial charge >= 0.3 is 0 Å². The van der Waals surface area contributed by atoms with Crippen LogP contribution in [0.5, 0.6) is 0 Å². The van der Waals surface area contributed by atoms with Crippen molar-refractivity contribution in [2.75, 3.05) is 25.0 Å². The van der Waals surface area contributed by atoms with Gasteiger partial charge in [-0.1, -0.05) is 15.9 Å². The van der Waals surface area contributed by atoms with Crippen LogP contribution in [0.4, 0.5) is 0 Å². The molecule has 0 aromatic heterocycles. The second kappa shape index (κ2) is 8.09. The van der Waals surface area contributed by atoms with E-state index in [0.29, 0.717) is 24.3 Å². The largest absolute Gasteiger partial charge is 0.378 e. The van der Waals surface area contributed by atoms with Crippen molar-refractivity contribution in [3.63, 3.8) is 0 Å². The van der Waals surface area contributed by atoms with Gasteiger partial charge in [-0.25, -0.2) is 0 Å². The minimum Gasteiger partial charge on any atom is -0.378 e. The number of amides is 1. The molecule has 0 atom stereocenters. The first-order chi connectivity index (χ1) is 8.21. The fourth-order valence-electron chi connectivity index (χ4n) is 2.30. The van der Waals surface area contributed by atoms with Crippen LogP contribution in [0.15, 0.2) is 0 Å². The molecule has 0 spiro atoms. The molecule has 1 saturated carbocycles. The second-order valence-corrected chi connectivity index (χ2v) is 5.43. The zero-order valence-electron chi connectivity index (χ0n) is 11.0. The predicted molar refractivity (Wildman–Crippen MR) is 73.4 cm³/mol. The Morgan fingerprint density at radius 1 is 1.41 bits per heavy atom. The summed E-state index contributed by atoms with van der Waals surface area (Å²) >= 11 is 3.40. The van der Waals surface area contributed by atoms with Crippen molar-refractivity contribution >= 4 is 21.8 Å². The van der Waals surface area contributed by atoms with Crippen molar-refractivity contribution in [1.82, 2.24) is 4.90 Å². The zero-order valence-corrected chi connectivity index (χ0v) is 12.5. The molecule has 1 fully saturated rings. The summed E-state index contributed by atoms with van der Waals surface area (Å²) in [6.45, 7) is 6.57. The summed E-state index contributed by atoms with van der Waals surface area (Å²) in [5, 5.41) is 0.965. The van der Waals surface area contributed by atoms with Crippen molar-refractivity contribution < 1.29 is 9.53 Å². The average Bonchev–Trinajstić information content (AvgIpc) is 2.27. The highest BCUT2D eigenvalue weighted by Crippen LogP contribution is 2.33. The molecule has 0 aliphatic heterocycles. The number of hydrogen-bond donors (Lipinski definition) is 0. The Hall–Kier alpha value is -0.0900. The van der Waals surface area contributed by atoms with E-state index in [2.05, 4.69) is 22.9 Å². The van der Waals surface area contributed by atoms with Gasteiger partial charge in [0.25, 0.3) is 0 Å². The smallest absolute Gasteiger partial charge is 0.222 e. The quantitative estimate of drug-likeness (QED) is 0.645. The van der Waals surface area contributed by atoms with Crippen LogP contribution in [-0.2, 0) is 9.53 Å². The number of carbonyl (C=O) groups is 1. The number of halogens is 1. The van der Waals surface area contributed by atoms with Gasteiger partial charge in [-0.15, -0.1) is 0 Å². The maximum absolute atomic E-state index is 12.0. The molecule has 1 aliphatic carbocycles. The summed E-state index contributed by atoms with van der Waals surface area (Å²) in [5.74, 6) is 0.866. The van der Waals surface area contributed by atoms with Gasteiger partial charge in [0.15, 0.2) is 0 Å². The van der Waals surface area contributed by atoms with Crippen LogP contribution in [-0.4, -0.2) is 41.9 Å². The van der Waals surface area contributed by atoms with E-state index in [1.165, 1.54) is 0 Å². The Bertz CT molecular complexity index is 229. The molecule has 0 aromatic rings. The van der Waals surface area contributed by atoms with Crippen LogP contribution >= 0.6 is 15.9 Å². The molecule has 0 bridgehead atoms. The van der Waals surface area contributed by atoms with E-state index in [0.717, 1.165) is 44.3 Å². The molecular weight excluding hydrogens is 282 g/mol. The number of hydrogen-bond acceptors (Lipinski definition) is 2. The molecule has 1 aliphatic rings. The number of nitrogens with zero attached hydrogens (tertiary/aromatic N) is 1. The highest BCUT2D eigenvalue weighted by Gasteiger charge is 2.31. The Labute approximate surface area is 113 Å². The summed E-state index contributed by atoms with van der Waals surface area (Å²) in [6, 6.07) is 0. The van der Waals surface area contributed by atoms with Gasteiger partial charge in [-0.2, -0.15) is 0 Å². The van der Waals surface area contributed by atoms with Crippen LogP contribution in [0, 0.1) is 5.92 Å². The molecular formula is C13H24BrNO2. The molecule has 100 valence electrons. The predicted octanol–water partition coefficient (Wildman–Crippen LogP) is 2.83. The van der Waals surface area contributed by atoms with E-state index >= 15 is 0 Å². The topological polar surface area (TPSA) is 29.5 Å². The van der Waals surface area contributed by atoms with Crippen LogP contribution in [0.3, 0.4) is 0 Å². The highest BCUT2D eigenvalue weighted by atomic mass is 79.9. The first kappa shape index (κ1) is 15.0. The summed E-state index contributed by atoms with van der Waals surface area (Å²) in [4.78, 5) is 14.0. The van der Waals surface area contributed by atoms with Gasteiger partial charge in [0, 0.05) is 31.4 Å². The number of carbonyl (C=O) groups excluding carboxylic acids is 1. The minimum atomic E-state index is 0.313. The second-order valence-electron chi connectivity index (χ2n) is 4.63. The molecule has 4 heteroatoms. The zero-order chi connectivity index (χ0) is 12.7. The third-order valence-electron chi connectivity index (χ3n) is 3.35. The summed E-state index contributed by atoms with van der Waals surface area (Å²) in [5.41, 5.74) is 0. The molecule has 17 heavy (non-hydrogen) atoms. The van der Waals surface area contributed by atoms with Crippen molar-refractivity contribution in [1.29, 1.82) is 0 Å². The molecule has 1 amide bonds. The maximum Gasteiger partial charge on any atom is 0.222 e. The van der Waals surface area contributed by atoms with E-state index in [1.54, 1.807) is 0 Å². The standard InChI is InChI=1S/C13H24BrNO2/c1-3-15(7-5-6-14)13(16)10-11-8-12(9-11)17-4-2/h11-12H,3-10H2,1-2H3. The van der Waals surface area contributed by atoms with E-state index in [1.807, 2.05) is 11.8 Å². The third-order valence-corrected chi connectivity index (χ3v) is 3.91. The monoisotopic (exact) mass is 305 g/mol. The first-order valence-corrected chi connectivity index (χ1v) is 7.78. The van der Waals surface area contributed by atoms with Gasteiger partial charge < -0.3 is 9.64 Å². The lowest BCUT2D eigenvalue weighted by Gasteiger charge is -2.35. The first-order valence-electron chi connectivity index (χ1n) is 6.66. The van der Waals surface area contributed by atoms with Gasteiger partial charge in [-0.3, -0.25) is 4.79 Å². The van der Waals surface area contributed by atoms with Crippen LogP contribution in [0.1, 0.15) is 39.5 Å². The van der Waals surface area contributed by atoms with Crippen molar-refractivity contribution in [3.05, 3.63) is 0 Å². The molecule has 0 unspecified atom stereocenters. The van der Waals surface area contributed by atoms with E-state index in [-0.39, 0.29) is 0 Å². The number of rotatable bonds is 8. The summed E-state index contributed by atoms with van der Waals surface area (Å²) < 4.78 is 5.51. The Balaban J connectivity index is 2.20. The number of ether oxygens (including phenoxy) is 1. The average molecular weight is 306 g/mol. The van der Waals surface area contributed by atoms with E-state index < -0.39 is 0 Å². The van der Waals surface area contributed by atoms with Gasteiger partial charge in [0.05, 0.1) is 6.10 Å². The van der Waals surface area contributed by atoms with Crippen molar-refractivity contribution in [3.8, 4) is 0 Å². The Morgan fingerprint density at radius 2 is 2.12 bits per heavy atom. The fourth-order valence-corrected chi connectivity index (χ4v) is 2.55. The Morgan fingerprint density at radius 3 is 2.65 bits per heavy atom. The van der Waals surface area contributed by atoms with E-state index in [4.69, 9.17) is 4.74 Å². The van der Waals surface area contributed by atoms with Gasteiger partial charge in [0.2, 0.25) is 5.91 Å². The fraction of sp³-hybridized carbons (Fsp3) is 0.923. The van der Waals surface area contributed by atoms with Crippen molar-refractivity contribution in [2.24, 2.45) is 5.92 Å². The lowest BCUT2D eigenvalue weighted by molar-refractivity contribution is -0.134. The molecule has 0 radical (unpaired) electrons. The van der Waals surface area contributed by atoms with E-state index in [9.17, 15) is 4.79 Å². The molecule has 1 rings (SSSR count). The van der Waals surface area contributed by atoms with Crippen LogP contribution in [0.2, 0.25) is 0 Å². The summed E-state index contributed by atoms with van der Waals surface area (Å²) in [7, 11) is 0. The van der Waals surface area contributed by atoms with Crippen LogP contribution in [0.25, 0.3) is 0 Å². The minimum absolute atomic E-state index is 0.313. The Kier molecular flexibility index (Phi) is 7.12. The molecule has 0 aromatic carbocycles. The van der Waals surface area contributed by atoms with Crippen LogP contribution < -0.4 is 0 Å². The molecule has 0 saturated heterocycles. The van der Waals surface area contributed by atoms with Gasteiger partial charge in [0.1, 0.15) is 0 Å². The normalized spacial score (nSPS) is 23.2. The van der Waals surface area contributed by atoms with Crippen molar-refractivity contribution in [2.45, 2.75) is 45.6 Å². The molecule has 0 heterocycles. The maximum atomic E-state index is 12.0. The third kappa shape index (κ3) is 4.96. The lowest BCUT2D eigenvalue weighted by Crippen LogP contribution is -2.38. The lowest BCUT2D eigenvalue weighted by atomic mass is 9.79. The molecule has 0 N–H and O–H groups in total. The molecule has 3 nitrogen and oxygen atoms in total. The SMILES string of the molecule is CCOC1CC(CC(=O)N(CC)CCCBr)C1. The number of alkyl halides is 1. The van der Waals surface area contributed by atoms with Gasteiger partial charge in [-0.05, 0) is 39.0 Å². The summed E-state index contributed by atoms with van der Waals surface area (Å²) in [6.07, 6.45) is 4.28.